The molecule has 0 radical (unpaired) electrons. The lowest BCUT2D eigenvalue weighted by Gasteiger charge is -2.09. The smallest absolute Gasteiger partial charge is 0.0248 e. The predicted molar refractivity (Wildman–Crippen MR) is 62.3 cm³/mol. The molecule has 0 aliphatic rings. The van der Waals surface area contributed by atoms with Crippen molar-refractivity contribution in [2.45, 2.75) is 33.4 Å². The highest BCUT2D eigenvalue weighted by Crippen LogP contribution is 2.10. The summed E-state index contributed by atoms with van der Waals surface area (Å²) in [5.41, 5.74) is 2.65. The van der Waals surface area contributed by atoms with Crippen LogP contribution in [0.25, 0.3) is 6.08 Å². The number of aromatic nitrogens is 1. The van der Waals surface area contributed by atoms with E-state index in [-0.39, 0.29) is 0 Å². The Morgan fingerprint density at radius 3 is 2.86 bits per heavy atom. The van der Waals surface area contributed by atoms with E-state index in [2.05, 4.69) is 55.2 Å². The summed E-state index contributed by atoms with van der Waals surface area (Å²) in [6, 6.07) is 2.59. The van der Waals surface area contributed by atoms with E-state index in [1.165, 1.54) is 11.1 Å². The largest absolute Gasteiger partial charge is 0.354 e. The second kappa shape index (κ2) is 5.01. The molecule has 2 heteroatoms. The Balaban J connectivity index is 2.75. The Kier molecular flexibility index (Phi) is 3.96. The third-order valence-electron chi connectivity index (χ3n) is 2.65. The minimum atomic E-state index is 0.444. The van der Waals surface area contributed by atoms with Crippen LogP contribution in [-0.4, -0.2) is 17.7 Å². The first-order valence-corrected chi connectivity index (χ1v) is 5.18. The minimum Gasteiger partial charge on any atom is -0.354 e. The number of rotatable bonds is 4. The minimum absolute atomic E-state index is 0.444. The molecule has 1 heterocycles. The summed E-state index contributed by atoms with van der Waals surface area (Å²) >= 11 is 0. The molecule has 0 aromatic carbocycles. The average molecular weight is 192 g/mol. The van der Waals surface area contributed by atoms with Gasteiger partial charge in [-0.05, 0) is 39.4 Å². The number of nitrogens with zero attached hydrogens (tertiary/aromatic N) is 1. The molecule has 0 fully saturated rings. The summed E-state index contributed by atoms with van der Waals surface area (Å²) in [5, 5.41) is 3.23. The van der Waals surface area contributed by atoms with Crippen LogP contribution in [0.1, 0.15) is 26.3 Å². The van der Waals surface area contributed by atoms with Crippen LogP contribution in [0.3, 0.4) is 0 Å². The highest BCUT2D eigenvalue weighted by Gasteiger charge is 2.00. The molecule has 2 nitrogen and oxygen atoms in total. The van der Waals surface area contributed by atoms with Gasteiger partial charge in [-0.15, -0.1) is 0 Å². The third-order valence-corrected chi connectivity index (χ3v) is 2.65. The molecule has 0 bridgehead atoms. The Bertz CT molecular complexity index is 310. The maximum atomic E-state index is 3.23. The fourth-order valence-electron chi connectivity index (χ4n) is 1.36. The molecule has 1 aromatic heterocycles. The first kappa shape index (κ1) is 11.1. The first-order valence-electron chi connectivity index (χ1n) is 5.18. The van der Waals surface area contributed by atoms with E-state index in [9.17, 15) is 0 Å². The monoisotopic (exact) mass is 192 g/mol. The van der Waals surface area contributed by atoms with Crippen LogP contribution < -0.4 is 5.32 Å². The van der Waals surface area contributed by atoms with Gasteiger partial charge in [0.15, 0.2) is 0 Å². The first-order chi connectivity index (χ1) is 6.67. The molecule has 78 valence electrons. The lowest BCUT2D eigenvalue weighted by atomic mass is 10.1. The molecule has 0 saturated heterocycles. The molecule has 1 aromatic rings. The predicted octanol–water partition coefficient (Wildman–Crippen LogP) is 2.52. The van der Waals surface area contributed by atoms with Crippen molar-refractivity contribution in [1.82, 2.24) is 9.88 Å². The molecular formula is C12H20N2. The quantitative estimate of drug-likeness (QED) is 0.775. The molecule has 0 amide bonds. The van der Waals surface area contributed by atoms with Gasteiger partial charge in [0, 0.05) is 25.0 Å². The zero-order chi connectivity index (χ0) is 10.6. The fourth-order valence-corrected chi connectivity index (χ4v) is 1.36. The third kappa shape index (κ3) is 2.74. The van der Waals surface area contributed by atoms with Crippen LogP contribution in [0.15, 0.2) is 24.0 Å². The number of likely N-dealkylation sites (N-methyl/N-ethyl adjacent to an activating group) is 1. The van der Waals surface area contributed by atoms with Gasteiger partial charge in [-0.3, -0.25) is 0 Å². The molecule has 1 rings (SSSR count). The summed E-state index contributed by atoms with van der Waals surface area (Å²) in [7, 11) is 1.99. The van der Waals surface area contributed by atoms with Crippen molar-refractivity contribution in [2.75, 3.05) is 7.05 Å². The van der Waals surface area contributed by atoms with Gasteiger partial charge in [0.2, 0.25) is 0 Å². The van der Waals surface area contributed by atoms with E-state index in [0.29, 0.717) is 6.04 Å². The van der Waals surface area contributed by atoms with E-state index in [1.807, 2.05) is 7.05 Å². The van der Waals surface area contributed by atoms with E-state index in [0.717, 1.165) is 6.54 Å². The lowest BCUT2D eigenvalue weighted by Crippen LogP contribution is -2.21. The van der Waals surface area contributed by atoms with Crippen molar-refractivity contribution in [3.05, 3.63) is 29.6 Å². The molecule has 0 spiro atoms. The average Bonchev–Trinajstić information content (AvgIpc) is 2.64. The van der Waals surface area contributed by atoms with Gasteiger partial charge in [-0.25, -0.2) is 0 Å². The summed E-state index contributed by atoms with van der Waals surface area (Å²) in [6.07, 6.45) is 6.52. The van der Waals surface area contributed by atoms with Gasteiger partial charge in [-0.1, -0.05) is 11.6 Å². The van der Waals surface area contributed by atoms with Crippen molar-refractivity contribution in [3.8, 4) is 0 Å². The van der Waals surface area contributed by atoms with Crippen LogP contribution in [0, 0.1) is 0 Å². The van der Waals surface area contributed by atoms with Crippen LogP contribution in [-0.2, 0) is 6.54 Å². The molecule has 1 N–H and O–H groups in total. The molecule has 0 aliphatic heterocycles. The summed E-state index contributed by atoms with van der Waals surface area (Å²) in [6.45, 7) is 7.51. The van der Waals surface area contributed by atoms with Crippen LogP contribution >= 0.6 is 0 Å². The molecule has 1 atom stereocenters. The SMILES string of the molecule is CCn1ccc(/C=C(/C)C(C)NC)c1. The zero-order valence-corrected chi connectivity index (χ0v) is 9.54. The highest BCUT2D eigenvalue weighted by atomic mass is 14.9. The highest BCUT2D eigenvalue weighted by molar-refractivity contribution is 5.52. The molecule has 14 heavy (non-hydrogen) atoms. The van der Waals surface area contributed by atoms with E-state index < -0.39 is 0 Å². The van der Waals surface area contributed by atoms with Crippen LogP contribution in [0.4, 0.5) is 0 Å². The Morgan fingerprint density at radius 1 is 1.64 bits per heavy atom. The lowest BCUT2D eigenvalue weighted by molar-refractivity contribution is 0.696. The van der Waals surface area contributed by atoms with Crippen LogP contribution in [0.2, 0.25) is 0 Å². The summed E-state index contributed by atoms with van der Waals surface area (Å²) in [5.74, 6) is 0. The van der Waals surface area contributed by atoms with Crippen molar-refractivity contribution >= 4 is 6.08 Å². The summed E-state index contributed by atoms with van der Waals surface area (Å²) < 4.78 is 2.18. The standard InChI is InChI=1S/C12H20N2/c1-5-14-7-6-12(9-14)8-10(2)11(3)13-4/h6-9,11,13H,5H2,1-4H3/b10-8-. The number of hydrogen-bond acceptors (Lipinski definition) is 1. The van der Waals surface area contributed by atoms with Crippen molar-refractivity contribution in [2.24, 2.45) is 0 Å². The van der Waals surface area contributed by atoms with Gasteiger partial charge in [0.25, 0.3) is 0 Å². The van der Waals surface area contributed by atoms with Crippen LogP contribution in [0.5, 0.6) is 0 Å². The van der Waals surface area contributed by atoms with E-state index >= 15 is 0 Å². The maximum Gasteiger partial charge on any atom is 0.0248 e. The molecular weight excluding hydrogens is 172 g/mol. The normalized spacial score (nSPS) is 14.4. The second-order valence-electron chi connectivity index (χ2n) is 3.67. The van der Waals surface area contributed by atoms with Gasteiger partial charge >= 0.3 is 0 Å². The molecule has 0 saturated carbocycles. The Hall–Kier alpha value is -1.02. The fraction of sp³-hybridized carbons (Fsp3) is 0.500. The second-order valence-corrected chi connectivity index (χ2v) is 3.67. The van der Waals surface area contributed by atoms with Gasteiger partial charge in [0.1, 0.15) is 0 Å². The Labute approximate surface area is 86.6 Å². The molecule has 1 unspecified atom stereocenters. The Morgan fingerprint density at radius 2 is 2.36 bits per heavy atom. The van der Waals surface area contributed by atoms with E-state index in [4.69, 9.17) is 0 Å². The summed E-state index contributed by atoms with van der Waals surface area (Å²) in [4.78, 5) is 0. The van der Waals surface area contributed by atoms with Crippen molar-refractivity contribution in [1.29, 1.82) is 0 Å². The van der Waals surface area contributed by atoms with Gasteiger partial charge in [-0.2, -0.15) is 0 Å². The number of aryl methyl sites for hydroxylation is 1. The number of hydrogen-bond donors (Lipinski definition) is 1. The zero-order valence-electron chi connectivity index (χ0n) is 9.54. The van der Waals surface area contributed by atoms with Crippen molar-refractivity contribution < 1.29 is 0 Å². The van der Waals surface area contributed by atoms with Crippen molar-refractivity contribution in [3.63, 3.8) is 0 Å². The maximum absolute atomic E-state index is 3.23. The number of nitrogens with one attached hydrogen (secondary N) is 1. The topological polar surface area (TPSA) is 17.0 Å². The molecule has 0 aliphatic carbocycles. The van der Waals surface area contributed by atoms with Gasteiger partial charge in [0.05, 0.1) is 0 Å². The van der Waals surface area contributed by atoms with Gasteiger partial charge < -0.3 is 9.88 Å². The van der Waals surface area contributed by atoms with E-state index in [1.54, 1.807) is 0 Å².